The van der Waals surface area contributed by atoms with Crippen molar-refractivity contribution in [3.63, 3.8) is 0 Å². The summed E-state index contributed by atoms with van der Waals surface area (Å²) < 4.78 is 37.3. The van der Waals surface area contributed by atoms with Gasteiger partial charge in [-0.25, -0.2) is 23.2 Å². The molecule has 1 fully saturated rings. The lowest BCUT2D eigenvalue weighted by atomic mass is 10.1. The van der Waals surface area contributed by atoms with Crippen molar-refractivity contribution >= 4 is 45.0 Å². The molecule has 1 aliphatic heterocycles. The average molecular weight is 681 g/mol. The second kappa shape index (κ2) is 15.2. The number of aromatic nitrogens is 4. The molecule has 4 aromatic rings. The van der Waals surface area contributed by atoms with Gasteiger partial charge in [0.05, 0.1) is 30.4 Å². The van der Waals surface area contributed by atoms with E-state index in [1.54, 1.807) is 55.6 Å². The van der Waals surface area contributed by atoms with E-state index in [-0.39, 0.29) is 16.2 Å². The zero-order chi connectivity index (χ0) is 33.6. The van der Waals surface area contributed by atoms with Crippen molar-refractivity contribution in [2.75, 3.05) is 77.8 Å². The largest absolute Gasteiger partial charge is 0.490 e. The fourth-order valence-corrected chi connectivity index (χ4v) is 7.27. The number of sulfone groups is 1. The van der Waals surface area contributed by atoms with Crippen LogP contribution in [0.5, 0.6) is 5.75 Å². The molecule has 47 heavy (non-hydrogen) atoms. The summed E-state index contributed by atoms with van der Waals surface area (Å²) in [4.78, 5) is 29.6. The Morgan fingerprint density at radius 3 is 2.40 bits per heavy atom. The fourth-order valence-electron chi connectivity index (χ4n) is 5.14. The normalized spacial score (nSPS) is 14.0. The molecule has 13 nitrogen and oxygen atoms in total. The third-order valence-electron chi connectivity index (χ3n) is 7.68. The van der Waals surface area contributed by atoms with E-state index >= 15 is 0 Å². The summed E-state index contributed by atoms with van der Waals surface area (Å²) in [7, 11) is 3.28. The SMILES string of the molecule is COC(=O)c1ccccc1CS(=O)(=O)c1ccc(Sc2nc(Nc3cc(C)[nH]n3)c(OC)c(N3CCN(CCN(C)C)CC3)n2)cc1. The smallest absolute Gasteiger partial charge is 0.338 e. The van der Waals surface area contributed by atoms with Gasteiger partial charge < -0.3 is 24.6 Å². The first-order chi connectivity index (χ1) is 22.6. The number of ether oxygens (including phenoxy) is 2. The van der Waals surface area contributed by atoms with Crippen LogP contribution in [0.25, 0.3) is 0 Å². The maximum atomic E-state index is 13.3. The molecule has 5 rings (SSSR count). The van der Waals surface area contributed by atoms with E-state index < -0.39 is 15.8 Å². The topological polar surface area (TPSA) is 146 Å². The van der Waals surface area contributed by atoms with Crippen LogP contribution in [0.2, 0.25) is 0 Å². The van der Waals surface area contributed by atoms with Crippen LogP contribution in [0, 0.1) is 6.92 Å². The van der Waals surface area contributed by atoms with E-state index in [2.05, 4.69) is 44.3 Å². The molecule has 0 unspecified atom stereocenters. The van der Waals surface area contributed by atoms with Crippen LogP contribution >= 0.6 is 11.8 Å². The summed E-state index contributed by atoms with van der Waals surface area (Å²) in [6.45, 7) is 7.25. The number of hydrogen-bond acceptors (Lipinski definition) is 13. The third-order valence-corrected chi connectivity index (χ3v) is 10.2. The molecule has 0 spiro atoms. The van der Waals surface area contributed by atoms with Crippen molar-refractivity contribution in [2.45, 2.75) is 27.6 Å². The van der Waals surface area contributed by atoms with E-state index in [1.165, 1.54) is 18.9 Å². The summed E-state index contributed by atoms with van der Waals surface area (Å²) in [5, 5.41) is 11.0. The molecule has 2 aromatic heterocycles. The number of nitrogens with zero attached hydrogens (tertiary/aromatic N) is 6. The first-order valence-corrected chi connectivity index (χ1v) is 17.6. The molecule has 3 heterocycles. The Bertz CT molecular complexity index is 1790. The second-order valence-electron chi connectivity index (χ2n) is 11.4. The van der Waals surface area contributed by atoms with Gasteiger partial charge in [0, 0.05) is 55.9 Å². The number of carbonyl (C=O) groups excluding carboxylic acids is 1. The van der Waals surface area contributed by atoms with Crippen LogP contribution in [0.3, 0.4) is 0 Å². The maximum absolute atomic E-state index is 13.3. The quantitative estimate of drug-likeness (QED) is 0.156. The maximum Gasteiger partial charge on any atom is 0.338 e. The van der Waals surface area contributed by atoms with Gasteiger partial charge in [-0.15, -0.1) is 0 Å². The Hall–Kier alpha value is -4.18. The zero-order valence-electron chi connectivity index (χ0n) is 27.2. The molecule has 0 bridgehead atoms. The molecule has 1 saturated heterocycles. The van der Waals surface area contributed by atoms with Crippen molar-refractivity contribution in [3.05, 3.63) is 71.4 Å². The van der Waals surface area contributed by atoms with Crippen LogP contribution in [-0.4, -0.2) is 112 Å². The number of esters is 1. The minimum Gasteiger partial charge on any atom is -0.490 e. The first-order valence-electron chi connectivity index (χ1n) is 15.1. The summed E-state index contributed by atoms with van der Waals surface area (Å²) in [5.74, 6) is 1.35. The Morgan fingerprint density at radius 2 is 1.77 bits per heavy atom. The molecular formula is C32H40N8O5S2. The van der Waals surface area contributed by atoms with Crippen molar-refractivity contribution in [2.24, 2.45) is 0 Å². The van der Waals surface area contributed by atoms with E-state index in [0.29, 0.717) is 33.9 Å². The van der Waals surface area contributed by atoms with Gasteiger partial charge in [-0.2, -0.15) is 5.10 Å². The van der Waals surface area contributed by atoms with Crippen LogP contribution in [-0.2, 0) is 20.3 Å². The van der Waals surface area contributed by atoms with Gasteiger partial charge in [0.2, 0.25) is 5.75 Å². The number of benzene rings is 2. The Balaban J connectivity index is 1.39. The third kappa shape index (κ3) is 8.60. The molecule has 0 amide bonds. The van der Waals surface area contributed by atoms with Crippen LogP contribution in [0.4, 0.5) is 17.5 Å². The van der Waals surface area contributed by atoms with Crippen LogP contribution in [0.1, 0.15) is 21.6 Å². The lowest BCUT2D eigenvalue weighted by molar-refractivity contribution is 0.0600. The predicted octanol–water partition coefficient (Wildman–Crippen LogP) is 3.86. The van der Waals surface area contributed by atoms with E-state index in [1.807, 2.05) is 13.0 Å². The van der Waals surface area contributed by atoms with E-state index in [9.17, 15) is 13.2 Å². The molecular weight excluding hydrogens is 641 g/mol. The number of H-pyrrole nitrogens is 1. The van der Waals surface area contributed by atoms with E-state index in [0.717, 1.165) is 49.9 Å². The number of rotatable bonds is 13. The number of anilines is 3. The number of nitrogens with one attached hydrogen (secondary N) is 2. The summed E-state index contributed by atoms with van der Waals surface area (Å²) in [5.41, 5.74) is 1.50. The average Bonchev–Trinajstić information content (AvgIpc) is 3.47. The monoisotopic (exact) mass is 680 g/mol. The van der Waals surface area contributed by atoms with Gasteiger partial charge in [-0.05, 0) is 68.7 Å². The van der Waals surface area contributed by atoms with Gasteiger partial charge in [0.15, 0.2) is 32.4 Å². The zero-order valence-corrected chi connectivity index (χ0v) is 28.8. The number of likely N-dealkylation sites (N-methyl/N-ethyl adjacent to an activating group) is 1. The van der Waals surface area contributed by atoms with Gasteiger partial charge >= 0.3 is 5.97 Å². The minimum absolute atomic E-state index is 0.140. The minimum atomic E-state index is -3.75. The van der Waals surface area contributed by atoms with Crippen molar-refractivity contribution in [1.29, 1.82) is 0 Å². The summed E-state index contributed by atoms with van der Waals surface area (Å²) in [6.07, 6.45) is 0. The fraction of sp³-hybridized carbons (Fsp3) is 0.375. The molecule has 1 aliphatic rings. The molecule has 0 saturated carbocycles. The predicted molar refractivity (Wildman–Crippen MR) is 182 cm³/mol. The van der Waals surface area contributed by atoms with Crippen molar-refractivity contribution in [1.82, 2.24) is 30.0 Å². The number of piperazine rings is 1. The molecule has 2 aromatic carbocycles. The molecule has 2 N–H and O–H groups in total. The highest BCUT2D eigenvalue weighted by molar-refractivity contribution is 7.99. The molecule has 250 valence electrons. The first kappa shape index (κ1) is 34.2. The highest BCUT2D eigenvalue weighted by Crippen LogP contribution is 2.38. The van der Waals surface area contributed by atoms with Crippen LogP contribution < -0.4 is 15.0 Å². The van der Waals surface area contributed by atoms with Crippen LogP contribution in [0.15, 0.2) is 69.5 Å². The highest BCUT2D eigenvalue weighted by atomic mass is 32.2. The molecule has 0 radical (unpaired) electrons. The summed E-state index contributed by atoms with van der Waals surface area (Å²) in [6, 6.07) is 15.0. The highest BCUT2D eigenvalue weighted by Gasteiger charge is 2.26. The van der Waals surface area contributed by atoms with Gasteiger partial charge in [-0.3, -0.25) is 10.00 Å². The van der Waals surface area contributed by atoms with Crippen molar-refractivity contribution in [3.8, 4) is 5.75 Å². The van der Waals surface area contributed by atoms with Gasteiger partial charge in [-0.1, -0.05) is 18.2 Å². The van der Waals surface area contributed by atoms with E-state index in [4.69, 9.17) is 19.4 Å². The number of hydrogen-bond donors (Lipinski definition) is 2. The molecule has 0 aliphatic carbocycles. The lowest BCUT2D eigenvalue weighted by Crippen LogP contribution is -2.48. The standard InChI is InChI=1S/C32H40N8O5S2/c1-22-20-27(37-36-22)33-29-28(44-4)30(40-18-16-39(17-19-40)15-14-38(2)3)35-32(34-29)46-24-10-12-25(13-11-24)47(42,43)21-23-8-6-7-9-26(23)31(41)45-5/h6-13,20H,14-19,21H2,1-5H3,(H2,33,34,35,36,37). The second-order valence-corrected chi connectivity index (χ2v) is 14.4. The van der Waals surface area contributed by atoms with Gasteiger partial charge in [0.25, 0.3) is 0 Å². The lowest BCUT2D eigenvalue weighted by Gasteiger charge is -2.36. The number of methoxy groups -OCH3 is 2. The number of aryl methyl sites for hydroxylation is 1. The Labute approximate surface area is 279 Å². The summed E-state index contributed by atoms with van der Waals surface area (Å²) >= 11 is 1.31. The molecule has 0 atom stereocenters. The van der Waals surface area contributed by atoms with Gasteiger partial charge in [0.1, 0.15) is 0 Å². The number of aromatic amines is 1. The number of carbonyl (C=O) groups is 1. The molecule has 15 heteroatoms. The van der Waals surface area contributed by atoms with Crippen molar-refractivity contribution < 1.29 is 22.7 Å². The Kier molecular flexibility index (Phi) is 11.0. The Morgan fingerprint density at radius 1 is 1.04 bits per heavy atom.